The smallest absolute Gasteiger partial charge is 0.290 e. The maximum absolute atomic E-state index is 11.3. The minimum atomic E-state index is -0.250. The second-order valence-electron chi connectivity index (χ2n) is 11.3. The van der Waals surface area contributed by atoms with Crippen LogP contribution >= 0.6 is 0 Å². The Bertz CT molecular complexity index is 548. The molecule has 2 N–H and O–H groups in total. The lowest BCUT2D eigenvalue weighted by atomic mass is 9.40. The van der Waals surface area contributed by atoms with Crippen LogP contribution in [0.15, 0.2) is 0 Å². The zero-order chi connectivity index (χ0) is 20.6. The summed E-state index contributed by atoms with van der Waals surface area (Å²) < 4.78 is 0. The molecule has 4 rings (SSSR count). The fraction of sp³-hybridized carbons (Fsp3) is 0.960. The van der Waals surface area contributed by atoms with Gasteiger partial charge < -0.3 is 10.2 Å². The summed E-state index contributed by atoms with van der Waals surface area (Å²) >= 11 is 0. The molecule has 0 aromatic heterocycles. The van der Waals surface area contributed by atoms with Crippen molar-refractivity contribution in [3.05, 3.63) is 0 Å². The van der Waals surface area contributed by atoms with Crippen molar-refractivity contribution in [2.75, 3.05) is 0 Å². The van der Waals surface area contributed by atoms with Crippen LogP contribution in [0.2, 0.25) is 0 Å². The largest absolute Gasteiger partial charge is 0.483 e. The van der Waals surface area contributed by atoms with Gasteiger partial charge in [-0.2, -0.15) is 0 Å². The molecule has 0 saturated heterocycles. The van der Waals surface area contributed by atoms with Crippen LogP contribution in [-0.4, -0.2) is 22.8 Å². The highest BCUT2D eigenvalue weighted by Crippen LogP contribution is 2.70. The third-order valence-corrected chi connectivity index (χ3v) is 10.4. The molecule has 0 amide bonds. The molecule has 4 saturated carbocycles. The predicted molar refractivity (Wildman–Crippen MR) is 114 cm³/mol. The zero-order valence-corrected chi connectivity index (χ0v) is 18.8. The summed E-state index contributed by atoms with van der Waals surface area (Å²) in [5.41, 5.74) is 1.40. The summed E-state index contributed by atoms with van der Waals surface area (Å²) in [6.45, 7) is 9.85. The molecule has 4 aliphatic carbocycles. The Labute approximate surface area is 172 Å². The second-order valence-corrected chi connectivity index (χ2v) is 11.3. The van der Waals surface area contributed by atoms with Crippen LogP contribution in [0.5, 0.6) is 0 Å². The van der Waals surface area contributed by atoms with Crippen LogP contribution in [0.1, 0.15) is 105 Å². The van der Waals surface area contributed by atoms with E-state index in [9.17, 15) is 5.11 Å². The van der Waals surface area contributed by atoms with Gasteiger partial charge in [-0.05, 0) is 91.3 Å². The Hall–Kier alpha value is -0.570. The molecule has 4 fully saturated rings. The average molecular weight is 393 g/mol. The van der Waals surface area contributed by atoms with Crippen LogP contribution in [-0.2, 0) is 4.79 Å². The van der Waals surface area contributed by atoms with Gasteiger partial charge in [-0.15, -0.1) is 0 Å². The van der Waals surface area contributed by atoms with E-state index in [2.05, 4.69) is 27.7 Å². The van der Waals surface area contributed by atoms with Gasteiger partial charge in [0.05, 0.1) is 6.10 Å². The lowest BCUT2D eigenvalue weighted by Crippen LogP contribution is -2.61. The number of aliphatic hydroxyl groups excluding tert-OH is 1. The monoisotopic (exact) mass is 392 g/mol. The first-order valence-electron chi connectivity index (χ1n) is 12.0. The number of fused-ring (bicyclic) bond motifs is 5. The van der Waals surface area contributed by atoms with E-state index in [0.29, 0.717) is 22.2 Å². The van der Waals surface area contributed by atoms with Gasteiger partial charge in [0.25, 0.3) is 6.47 Å². The molecule has 3 nitrogen and oxygen atoms in total. The summed E-state index contributed by atoms with van der Waals surface area (Å²) in [5, 5.41) is 18.2. The Morgan fingerprint density at radius 2 is 1.68 bits per heavy atom. The van der Waals surface area contributed by atoms with E-state index in [1.807, 2.05) is 0 Å². The summed E-state index contributed by atoms with van der Waals surface area (Å²) in [6, 6.07) is 0. The average Bonchev–Trinajstić information content (AvgIpc) is 2.98. The van der Waals surface area contributed by atoms with Gasteiger partial charge in [-0.3, -0.25) is 4.79 Å². The molecule has 0 radical (unpaired) electrons. The molecule has 0 heterocycles. The van der Waals surface area contributed by atoms with Gasteiger partial charge >= 0.3 is 0 Å². The number of aliphatic hydroxyl groups is 1. The highest BCUT2D eigenvalue weighted by Gasteiger charge is 2.64. The number of rotatable bonds is 3. The van der Waals surface area contributed by atoms with Gasteiger partial charge in [-0.25, -0.2) is 0 Å². The first-order chi connectivity index (χ1) is 13.3. The van der Waals surface area contributed by atoms with Crippen molar-refractivity contribution in [2.24, 2.45) is 39.9 Å². The van der Waals surface area contributed by atoms with E-state index in [0.717, 1.165) is 24.2 Å². The SMILES string of the molecule is CCCC[C@H]1CCC2[C@H]3C(CC[C@@]21C)[C@@]1(C)CCCC[C@@]1(C)C[C@H]3O.O=CO. The van der Waals surface area contributed by atoms with Gasteiger partial charge in [0.1, 0.15) is 0 Å². The molecule has 162 valence electrons. The third kappa shape index (κ3) is 3.34. The molecule has 2 unspecified atom stereocenters. The zero-order valence-electron chi connectivity index (χ0n) is 18.8. The molecular formula is C25H44O3. The fourth-order valence-electron chi connectivity index (χ4n) is 8.67. The van der Waals surface area contributed by atoms with Crippen LogP contribution in [0.4, 0.5) is 0 Å². The maximum Gasteiger partial charge on any atom is 0.290 e. The van der Waals surface area contributed by atoms with Crippen molar-refractivity contribution >= 4 is 6.47 Å². The molecule has 28 heavy (non-hydrogen) atoms. The van der Waals surface area contributed by atoms with Gasteiger partial charge in [0.15, 0.2) is 0 Å². The van der Waals surface area contributed by atoms with E-state index < -0.39 is 0 Å². The van der Waals surface area contributed by atoms with E-state index in [1.165, 1.54) is 70.6 Å². The summed E-state index contributed by atoms with van der Waals surface area (Å²) in [5.74, 6) is 3.11. The highest BCUT2D eigenvalue weighted by atomic mass is 16.3. The molecular weight excluding hydrogens is 348 g/mol. The number of carbonyl (C=O) groups is 1. The van der Waals surface area contributed by atoms with Gasteiger partial charge in [0.2, 0.25) is 0 Å². The lowest BCUT2D eigenvalue weighted by Gasteiger charge is -2.66. The Balaban J connectivity index is 0.000000706. The lowest BCUT2D eigenvalue weighted by molar-refractivity contribution is -0.197. The van der Waals surface area contributed by atoms with Gasteiger partial charge in [-0.1, -0.05) is 53.4 Å². The number of hydrogen-bond acceptors (Lipinski definition) is 2. The number of unbranched alkanes of at least 4 members (excludes halogenated alkanes) is 1. The summed E-state index contributed by atoms with van der Waals surface area (Å²) in [7, 11) is 0. The van der Waals surface area contributed by atoms with E-state index in [-0.39, 0.29) is 12.6 Å². The first kappa shape index (κ1) is 22.1. The topological polar surface area (TPSA) is 57.5 Å². The molecule has 8 atom stereocenters. The minimum Gasteiger partial charge on any atom is -0.483 e. The second kappa shape index (κ2) is 8.28. The summed E-state index contributed by atoms with van der Waals surface area (Å²) in [6.07, 6.45) is 16.5. The first-order valence-corrected chi connectivity index (χ1v) is 12.0. The Morgan fingerprint density at radius 1 is 1.00 bits per heavy atom. The Morgan fingerprint density at radius 3 is 2.36 bits per heavy atom. The van der Waals surface area contributed by atoms with Crippen LogP contribution < -0.4 is 0 Å². The van der Waals surface area contributed by atoms with Gasteiger partial charge in [0, 0.05) is 0 Å². The standard InChI is InChI=1S/C24H42O.CH2O2/c1-5-6-9-17-10-11-18-21-19(12-15-23(17,18)3)24(4)14-8-7-13-22(24,2)16-20(21)25;2-1-3/h17-21,25H,5-16H2,1-4H3;1H,(H,2,3)/t17-,18?,19?,20+,21-,22-,23+,24+;/m0./s1. The van der Waals surface area contributed by atoms with Crippen molar-refractivity contribution in [1.82, 2.24) is 0 Å². The highest BCUT2D eigenvalue weighted by molar-refractivity contribution is 5.32. The van der Waals surface area contributed by atoms with Crippen LogP contribution in [0, 0.1) is 39.9 Å². The molecule has 0 aromatic carbocycles. The van der Waals surface area contributed by atoms with Crippen molar-refractivity contribution in [3.8, 4) is 0 Å². The van der Waals surface area contributed by atoms with Crippen LogP contribution in [0.3, 0.4) is 0 Å². The normalized spacial score (nSPS) is 49.8. The van der Waals surface area contributed by atoms with Crippen molar-refractivity contribution in [1.29, 1.82) is 0 Å². The quantitative estimate of drug-likeness (QED) is 0.555. The molecule has 0 spiro atoms. The summed E-state index contributed by atoms with van der Waals surface area (Å²) in [4.78, 5) is 8.36. The molecule has 0 aromatic rings. The molecule has 0 bridgehead atoms. The van der Waals surface area contributed by atoms with Crippen molar-refractivity contribution in [3.63, 3.8) is 0 Å². The number of carboxylic acid groups (broad SMARTS) is 1. The maximum atomic E-state index is 11.3. The van der Waals surface area contributed by atoms with E-state index >= 15 is 0 Å². The Kier molecular flexibility index (Phi) is 6.54. The predicted octanol–water partition coefficient (Wildman–Crippen LogP) is 6.29. The van der Waals surface area contributed by atoms with Crippen LogP contribution in [0.25, 0.3) is 0 Å². The molecule has 4 aliphatic rings. The van der Waals surface area contributed by atoms with Crippen molar-refractivity contribution < 1.29 is 15.0 Å². The van der Waals surface area contributed by atoms with Crippen molar-refractivity contribution in [2.45, 2.75) is 111 Å². The third-order valence-electron chi connectivity index (χ3n) is 10.4. The molecule has 0 aliphatic heterocycles. The van der Waals surface area contributed by atoms with E-state index in [1.54, 1.807) is 0 Å². The van der Waals surface area contributed by atoms with E-state index in [4.69, 9.17) is 9.90 Å². The molecule has 3 heteroatoms. The fourth-order valence-corrected chi connectivity index (χ4v) is 8.67. The minimum absolute atomic E-state index is 0.0317. The number of hydrogen-bond donors (Lipinski definition) is 2.